The van der Waals surface area contributed by atoms with Gasteiger partial charge in [0.2, 0.25) is 0 Å². The van der Waals surface area contributed by atoms with E-state index >= 15 is 0 Å². The van der Waals surface area contributed by atoms with Crippen LogP contribution in [0.2, 0.25) is 0 Å². The van der Waals surface area contributed by atoms with Crippen LogP contribution in [0.25, 0.3) is 0 Å². The first-order chi connectivity index (χ1) is 8.08. The first-order valence-electron chi connectivity index (χ1n) is 6.21. The van der Waals surface area contributed by atoms with Gasteiger partial charge in [-0.3, -0.25) is 0 Å². The SMILES string of the molecule is Cc1ccc(C(N)C2CN(C)CCO2)cc1C. The Labute approximate surface area is 104 Å². The summed E-state index contributed by atoms with van der Waals surface area (Å²) in [6.07, 6.45) is 0.107. The van der Waals surface area contributed by atoms with E-state index < -0.39 is 0 Å². The summed E-state index contributed by atoms with van der Waals surface area (Å²) in [6.45, 7) is 6.93. The van der Waals surface area contributed by atoms with E-state index in [1.165, 1.54) is 16.7 Å². The Balaban J connectivity index is 2.12. The molecule has 0 radical (unpaired) electrons. The maximum Gasteiger partial charge on any atom is 0.0894 e. The molecule has 0 aromatic heterocycles. The lowest BCUT2D eigenvalue weighted by atomic mass is 9.97. The quantitative estimate of drug-likeness (QED) is 0.845. The topological polar surface area (TPSA) is 38.5 Å². The highest BCUT2D eigenvalue weighted by atomic mass is 16.5. The van der Waals surface area contributed by atoms with Crippen LogP contribution in [0.4, 0.5) is 0 Å². The molecule has 1 heterocycles. The minimum Gasteiger partial charge on any atom is -0.374 e. The Bertz CT molecular complexity index is 392. The predicted molar refractivity (Wildman–Crippen MR) is 70.1 cm³/mol. The zero-order valence-corrected chi connectivity index (χ0v) is 10.9. The molecule has 3 heteroatoms. The molecule has 2 N–H and O–H groups in total. The third-order valence-corrected chi connectivity index (χ3v) is 3.61. The molecule has 2 unspecified atom stereocenters. The molecule has 1 aliphatic rings. The van der Waals surface area contributed by atoms with Crippen LogP contribution in [-0.4, -0.2) is 37.7 Å². The molecule has 1 aromatic rings. The van der Waals surface area contributed by atoms with Gasteiger partial charge >= 0.3 is 0 Å². The van der Waals surface area contributed by atoms with E-state index in [4.69, 9.17) is 10.5 Å². The van der Waals surface area contributed by atoms with Crippen molar-refractivity contribution in [2.75, 3.05) is 26.7 Å². The maximum atomic E-state index is 6.30. The highest BCUT2D eigenvalue weighted by molar-refractivity contribution is 5.32. The Morgan fingerprint density at radius 2 is 2.12 bits per heavy atom. The number of nitrogens with two attached hydrogens (primary N) is 1. The lowest BCUT2D eigenvalue weighted by Crippen LogP contribution is -2.45. The molecule has 0 aliphatic carbocycles. The minimum atomic E-state index is -0.0305. The van der Waals surface area contributed by atoms with Gasteiger partial charge in [0.05, 0.1) is 18.8 Å². The average molecular weight is 234 g/mol. The fraction of sp³-hybridized carbons (Fsp3) is 0.571. The Morgan fingerprint density at radius 1 is 1.35 bits per heavy atom. The van der Waals surface area contributed by atoms with Crippen LogP contribution in [0.3, 0.4) is 0 Å². The number of likely N-dealkylation sites (N-methyl/N-ethyl adjacent to an activating group) is 1. The second-order valence-corrected chi connectivity index (χ2v) is 5.04. The summed E-state index contributed by atoms with van der Waals surface area (Å²) in [5.41, 5.74) is 10.1. The standard InChI is InChI=1S/C14H22N2O/c1-10-4-5-12(8-11(10)2)14(15)13-9-16(3)6-7-17-13/h4-5,8,13-14H,6-7,9,15H2,1-3H3. The van der Waals surface area contributed by atoms with E-state index in [1.807, 2.05) is 0 Å². The Hall–Kier alpha value is -0.900. The molecule has 0 bridgehead atoms. The second-order valence-electron chi connectivity index (χ2n) is 5.04. The van der Waals surface area contributed by atoms with Gasteiger partial charge < -0.3 is 15.4 Å². The second kappa shape index (κ2) is 5.17. The highest BCUT2D eigenvalue weighted by Crippen LogP contribution is 2.21. The molecule has 1 aliphatic heterocycles. The molecule has 3 nitrogen and oxygen atoms in total. The van der Waals surface area contributed by atoms with Gasteiger partial charge in [0, 0.05) is 13.1 Å². The summed E-state index contributed by atoms with van der Waals surface area (Å²) >= 11 is 0. The van der Waals surface area contributed by atoms with Crippen LogP contribution in [-0.2, 0) is 4.74 Å². The Kier molecular flexibility index (Phi) is 3.82. The van der Waals surface area contributed by atoms with Crippen molar-refractivity contribution in [3.05, 3.63) is 34.9 Å². The number of ether oxygens (including phenoxy) is 1. The van der Waals surface area contributed by atoms with Gasteiger partial charge in [-0.15, -0.1) is 0 Å². The zero-order valence-electron chi connectivity index (χ0n) is 10.9. The molecule has 1 aromatic carbocycles. The van der Waals surface area contributed by atoms with Gasteiger partial charge in [-0.25, -0.2) is 0 Å². The number of hydrogen-bond acceptors (Lipinski definition) is 3. The molecule has 0 spiro atoms. The third kappa shape index (κ3) is 2.86. The molecule has 2 atom stereocenters. The molecule has 17 heavy (non-hydrogen) atoms. The number of hydrogen-bond donors (Lipinski definition) is 1. The van der Waals surface area contributed by atoms with Crippen molar-refractivity contribution in [3.8, 4) is 0 Å². The Morgan fingerprint density at radius 3 is 2.76 bits per heavy atom. The van der Waals surface area contributed by atoms with Crippen LogP contribution in [0.15, 0.2) is 18.2 Å². The van der Waals surface area contributed by atoms with Gasteiger partial charge in [0.1, 0.15) is 0 Å². The van der Waals surface area contributed by atoms with Crippen molar-refractivity contribution in [2.24, 2.45) is 5.73 Å². The minimum absolute atomic E-state index is 0.0305. The van der Waals surface area contributed by atoms with Gasteiger partial charge in [-0.1, -0.05) is 18.2 Å². The van der Waals surface area contributed by atoms with Crippen molar-refractivity contribution in [2.45, 2.75) is 26.0 Å². The third-order valence-electron chi connectivity index (χ3n) is 3.61. The van der Waals surface area contributed by atoms with Gasteiger partial charge in [-0.05, 0) is 37.6 Å². The molecular formula is C14H22N2O. The van der Waals surface area contributed by atoms with Crippen LogP contribution < -0.4 is 5.73 Å². The van der Waals surface area contributed by atoms with Crippen molar-refractivity contribution in [1.29, 1.82) is 0 Å². The number of morpholine rings is 1. The molecular weight excluding hydrogens is 212 g/mol. The van der Waals surface area contributed by atoms with Crippen LogP contribution in [0.1, 0.15) is 22.7 Å². The number of benzene rings is 1. The van der Waals surface area contributed by atoms with Crippen molar-refractivity contribution < 1.29 is 4.74 Å². The smallest absolute Gasteiger partial charge is 0.0894 e. The number of aryl methyl sites for hydroxylation is 2. The van der Waals surface area contributed by atoms with Crippen LogP contribution in [0, 0.1) is 13.8 Å². The lowest BCUT2D eigenvalue weighted by Gasteiger charge is -2.33. The summed E-state index contributed by atoms with van der Waals surface area (Å²) in [7, 11) is 2.11. The lowest BCUT2D eigenvalue weighted by molar-refractivity contribution is -0.0326. The van der Waals surface area contributed by atoms with E-state index in [1.54, 1.807) is 0 Å². The number of nitrogens with zero attached hydrogens (tertiary/aromatic N) is 1. The first kappa shape index (κ1) is 12.6. The number of rotatable bonds is 2. The fourth-order valence-electron chi connectivity index (χ4n) is 2.21. The molecule has 94 valence electrons. The maximum absolute atomic E-state index is 6.30. The van der Waals surface area contributed by atoms with Gasteiger partial charge in [-0.2, -0.15) is 0 Å². The zero-order chi connectivity index (χ0) is 12.4. The van der Waals surface area contributed by atoms with E-state index in [-0.39, 0.29) is 12.1 Å². The largest absolute Gasteiger partial charge is 0.374 e. The fourth-order valence-corrected chi connectivity index (χ4v) is 2.21. The molecule has 0 saturated carbocycles. The summed E-state index contributed by atoms with van der Waals surface area (Å²) < 4.78 is 5.77. The van der Waals surface area contributed by atoms with Crippen LogP contribution in [0.5, 0.6) is 0 Å². The summed E-state index contributed by atoms with van der Waals surface area (Å²) in [4.78, 5) is 2.27. The van der Waals surface area contributed by atoms with Gasteiger partial charge in [0.15, 0.2) is 0 Å². The highest BCUT2D eigenvalue weighted by Gasteiger charge is 2.25. The molecule has 1 fully saturated rings. The summed E-state index contributed by atoms with van der Waals surface area (Å²) in [6, 6.07) is 6.40. The van der Waals surface area contributed by atoms with E-state index in [0.29, 0.717) is 0 Å². The van der Waals surface area contributed by atoms with E-state index in [2.05, 4.69) is 44.0 Å². The van der Waals surface area contributed by atoms with Gasteiger partial charge in [0.25, 0.3) is 0 Å². The molecule has 0 amide bonds. The summed E-state index contributed by atoms with van der Waals surface area (Å²) in [5.74, 6) is 0. The van der Waals surface area contributed by atoms with E-state index in [0.717, 1.165) is 19.7 Å². The summed E-state index contributed by atoms with van der Waals surface area (Å²) in [5, 5.41) is 0. The molecule has 1 saturated heterocycles. The van der Waals surface area contributed by atoms with Crippen LogP contribution >= 0.6 is 0 Å². The van der Waals surface area contributed by atoms with Crippen molar-refractivity contribution in [1.82, 2.24) is 4.90 Å². The average Bonchev–Trinajstić information content (AvgIpc) is 2.32. The monoisotopic (exact) mass is 234 g/mol. The molecule has 2 rings (SSSR count). The normalized spacial score (nSPS) is 23.6. The van der Waals surface area contributed by atoms with Crippen molar-refractivity contribution >= 4 is 0 Å². The van der Waals surface area contributed by atoms with Crippen molar-refractivity contribution in [3.63, 3.8) is 0 Å². The van der Waals surface area contributed by atoms with E-state index in [9.17, 15) is 0 Å². The predicted octanol–water partition coefficient (Wildman–Crippen LogP) is 1.63. The first-order valence-corrected chi connectivity index (χ1v) is 6.21.